The molecular formula is C9H16ClN5. The van der Waals surface area contributed by atoms with E-state index in [4.69, 9.17) is 17.3 Å². The normalized spacial score (nSPS) is 12.5. The summed E-state index contributed by atoms with van der Waals surface area (Å²) in [6.07, 6.45) is 3.19. The van der Waals surface area contributed by atoms with Crippen LogP contribution in [0.1, 0.15) is 33.1 Å². The molecule has 1 rings (SSSR count). The van der Waals surface area contributed by atoms with Crippen molar-refractivity contribution in [2.45, 2.75) is 39.2 Å². The maximum absolute atomic E-state index is 5.67. The lowest BCUT2D eigenvalue weighted by atomic mass is 10.1. The van der Waals surface area contributed by atoms with Crippen LogP contribution >= 0.6 is 11.6 Å². The predicted octanol–water partition coefficient (Wildman–Crippen LogP) is 2.10. The monoisotopic (exact) mass is 229 g/mol. The van der Waals surface area contributed by atoms with Crippen LogP contribution in [-0.4, -0.2) is 21.0 Å². The lowest BCUT2D eigenvalue weighted by Gasteiger charge is -2.15. The molecule has 0 aliphatic heterocycles. The van der Waals surface area contributed by atoms with Crippen LogP contribution < -0.4 is 11.1 Å². The maximum Gasteiger partial charge on any atom is 0.229 e. The van der Waals surface area contributed by atoms with E-state index in [2.05, 4.69) is 34.1 Å². The Labute approximate surface area is 94.5 Å². The molecule has 0 amide bonds. The van der Waals surface area contributed by atoms with Crippen LogP contribution in [0, 0.1) is 0 Å². The van der Waals surface area contributed by atoms with Crippen molar-refractivity contribution in [1.29, 1.82) is 0 Å². The number of halogens is 1. The zero-order valence-corrected chi connectivity index (χ0v) is 9.75. The Bertz CT molecular complexity index is 297. The van der Waals surface area contributed by atoms with Gasteiger partial charge in [0.1, 0.15) is 0 Å². The van der Waals surface area contributed by atoms with E-state index in [1.165, 1.54) is 0 Å². The molecule has 84 valence electrons. The fourth-order valence-electron chi connectivity index (χ4n) is 1.34. The van der Waals surface area contributed by atoms with Crippen LogP contribution in [0.4, 0.5) is 11.9 Å². The zero-order chi connectivity index (χ0) is 11.3. The summed E-state index contributed by atoms with van der Waals surface area (Å²) < 4.78 is 0. The van der Waals surface area contributed by atoms with Gasteiger partial charge in [-0.1, -0.05) is 20.3 Å². The Hall–Kier alpha value is -1.10. The van der Waals surface area contributed by atoms with E-state index >= 15 is 0 Å². The summed E-state index contributed by atoms with van der Waals surface area (Å²) in [5.74, 6) is 0.594. The minimum absolute atomic E-state index is 0.122. The van der Waals surface area contributed by atoms with Crippen molar-refractivity contribution in [1.82, 2.24) is 15.0 Å². The van der Waals surface area contributed by atoms with Gasteiger partial charge in [0.25, 0.3) is 0 Å². The Morgan fingerprint density at radius 2 is 2.07 bits per heavy atom. The van der Waals surface area contributed by atoms with E-state index < -0.39 is 0 Å². The first-order chi connectivity index (χ1) is 7.15. The minimum atomic E-state index is 0.122. The molecule has 0 aliphatic rings. The lowest BCUT2D eigenvalue weighted by molar-refractivity contribution is 0.617. The third kappa shape index (κ3) is 3.87. The van der Waals surface area contributed by atoms with Gasteiger partial charge in [0.05, 0.1) is 0 Å². The van der Waals surface area contributed by atoms with Gasteiger partial charge in [-0.3, -0.25) is 0 Å². The van der Waals surface area contributed by atoms with E-state index in [1.807, 2.05) is 0 Å². The molecule has 0 spiro atoms. The zero-order valence-electron chi connectivity index (χ0n) is 9.00. The number of aromatic nitrogens is 3. The number of hydrogen-bond acceptors (Lipinski definition) is 5. The number of nitrogens with one attached hydrogen (secondary N) is 1. The van der Waals surface area contributed by atoms with E-state index in [0.717, 1.165) is 19.3 Å². The van der Waals surface area contributed by atoms with Crippen molar-refractivity contribution >= 4 is 23.5 Å². The van der Waals surface area contributed by atoms with Crippen molar-refractivity contribution in [2.24, 2.45) is 0 Å². The van der Waals surface area contributed by atoms with E-state index in [9.17, 15) is 0 Å². The maximum atomic E-state index is 5.67. The highest BCUT2D eigenvalue weighted by atomic mass is 35.5. The third-order valence-electron chi connectivity index (χ3n) is 2.09. The molecule has 5 nitrogen and oxygen atoms in total. The molecule has 6 heteroatoms. The molecular weight excluding hydrogens is 214 g/mol. The average molecular weight is 230 g/mol. The molecule has 0 bridgehead atoms. The van der Waals surface area contributed by atoms with Crippen LogP contribution in [0.5, 0.6) is 0 Å². The Morgan fingerprint density at radius 1 is 1.33 bits per heavy atom. The largest absolute Gasteiger partial charge is 0.368 e. The van der Waals surface area contributed by atoms with Gasteiger partial charge in [-0.2, -0.15) is 15.0 Å². The lowest BCUT2D eigenvalue weighted by Crippen LogP contribution is -2.20. The fourth-order valence-corrected chi connectivity index (χ4v) is 1.51. The van der Waals surface area contributed by atoms with Gasteiger partial charge in [-0.25, -0.2) is 0 Å². The fraction of sp³-hybridized carbons (Fsp3) is 0.667. The van der Waals surface area contributed by atoms with E-state index in [-0.39, 0.29) is 11.2 Å². The molecule has 3 N–H and O–H groups in total. The van der Waals surface area contributed by atoms with Crippen molar-refractivity contribution in [3.8, 4) is 0 Å². The minimum Gasteiger partial charge on any atom is -0.368 e. The molecule has 0 aliphatic carbocycles. The van der Waals surface area contributed by atoms with Crippen LogP contribution in [-0.2, 0) is 0 Å². The van der Waals surface area contributed by atoms with Crippen molar-refractivity contribution < 1.29 is 0 Å². The van der Waals surface area contributed by atoms with Crippen LogP contribution in [0.15, 0.2) is 0 Å². The van der Waals surface area contributed by atoms with Crippen molar-refractivity contribution in [2.75, 3.05) is 11.1 Å². The molecule has 0 saturated carbocycles. The number of nitrogens with zero attached hydrogens (tertiary/aromatic N) is 3. The van der Waals surface area contributed by atoms with Gasteiger partial charge in [0.2, 0.25) is 17.2 Å². The standard InChI is InChI=1S/C9H16ClN5/c1-3-5-6(4-2)12-9-14-7(10)13-8(11)15-9/h6H,3-5H2,1-2H3,(H3,11,12,13,14,15). The van der Waals surface area contributed by atoms with Crippen molar-refractivity contribution in [3.63, 3.8) is 0 Å². The first-order valence-corrected chi connectivity index (χ1v) is 5.47. The predicted molar refractivity (Wildman–Crippen MR) is 61.9 cm³/mol. The van der Waals surface area contributed by atoms with E-state index in [0.29, 0.717) is 12.0 Å². The van der Waals surface area contributed by atoms with Crippen LogP contribution in [0.25, 0.3) is 0 Å². The highest BCUT2D eigenvalue weighted by molar-refractivity contribution is 6.28. The van der Waals surface area contributed by atoms with Gasteiger partial charge in [-0.05, 0) is 24.4 Å². The summed E-state index contributed by atoms with van der Waals surface area (Å²) in [7, 11) is 0. The Kier molecular flexibility index (Phi) is 4.55. The molecule has 1 aromatic heterocycles. The molecule has 1 aromatic rings. The molecule has 1 atom stereocenters. The van der Waals surface area contributed by atoms with Crippen LogP contribution in [0.3, 0.4) is 0 Å². The highest BCUT2D eigenvalue weighted by Crippen LogP contribution is 2.11. The number of anilines is 2. The smallest absolute Gasteiger partial charge is 0.229 e. The number of nitrogen functional groups attached to an aromatic ring is 1. The first-order valence-electron chi connectivity index (χ1n) is 5.09. The summed E-state index contributed by atoms with van der Waals surface area (Å²) in [5.41, 5.74) is 5.46. The summed E-state index contributed by atoms with van der Waals surface area (Å²) in [6.45, 7) is 4.25. The highest BCUT2D eigenvalue weighted by Gasteiger charge is 2.08. The Morgan fingerprint density at radius 3 is 2.60 bits per heavy atom. The van der Waals surface area contributed by atoms with E-state index in [1.54, 1.807) is 0 Å². The molecule has 0 aromatic carbocycles. The molecule has 0 radical (unpaired) electrons. The number of rotatable bonds is 5. The molecule has 0 saturated heterocycles. The molecule has 0 fully saturated rings. The summed E-state index contributed by atoms with van der Waals surface area (Å²) >= 11 is 5.67. The molecule has 1 heterocycles. The quantitative estimate of drug-likeness (QED) is 0.809. The second kappa shape index (κ2) is 5.70. The third-order valence-corrected chi connectivity index (χ3v) is 2.26. The Balaban J connectivity index is 2.69. The second-order valence-corrected chi connectivity index (χ2v) is 3.66. The van der Waals surface area contributed by atoms with Crippen LogP contribution in [0.2, 0.25) is 5.28 Å². The summed E-state index contributed by atoms with van der Waals surface area (Å²) in [5, 5.41) is 3.31. The number of hydrogen-bond donors (Lipinski definition) is 2. The van der Waals surface area contributed by atoms with Gasteiger partial charge in [0, 0.05) is 6.04 Å². The van der Waals surface area contributed by atoms with Gasteiger partial charge in [0.15, 0.2) is 0 Å². The van der Waals surface area contributed by atoms with Crippen molar-refractivity contribution in [3.05, 3.63) is 5.28 Å². The second-order valence-electron chi connectivity index (χ2n) is 3.32. The first kappa shape index (κ1) is 12.0. The van der Waals surface area contributed by atoms with Gasteiger partial charge in [-0.15, -0.1) is 0 Å². The number of nitrogens with two attached hydrogens (primary N) is 1. The van der Waals surface area contributed by atoms with Gasteiger partial charge < -0.3 is 11.1 Å². The summed E-state index contributed by atoms with van der Waals surface area (Å²) in [6, 6.07) is 0.355. The average Bonchev–Trinajstić information content (AvgIpc) is 2.15. The summed E-state index contributed by atoms with van der Waals surface area (Å²) in [4.78, 5) is 11.6. The van der Waals surface area contributed by atoms with Gasteiger partial charge >= 0.3 is 0 Å². The molecule has 15 heavy (non-hydrogen) atoms. The SMILES string of the molecule is CCCC(CC)Nc1nc(N)nc(Cl)n1. The molecule has 1 unspecified atom stereocenters. The topological polar surface area (TPSA) is 76.7 Å².